The van der Waals surface area contributed by atoms with Gasteiger partial charge in [-0.2, -0.15) is 0 Å². The van der Waals surface area contributed by atoms with Gasteiger partial charge in [0, 0.05) is 17.4 Å². The largest absolute Gasteiger partial charge is 0.279 e. The first kappa shape index (κ1) is 15.7. The van der Waals surface area contributed by atoms with Crippen molar-refractivity contribution >= 4 is 11.8 Å². The predicted molar refractivity (Wildman–Crippen MR) is 83.6 cm³/mol. The zero-order valence-electron chi connectivity index (χ0n) is 13.4. The van der Waals surface area contributed by atoms with Gasteiger partial charge < -0.3 is 0 Å². The minimum absolute atomic E-state index is 0.0146. The van der Waals surface area contributed by atoms with Crippen molar-refractivity contribution in [1.29, 1.82) is 0 Å². The van der Waals surface area contributed by atoms with E-state index in [9.17, 15) is 9.59 Å². The highest BCUT2D eigenvalue weighted by atomic mass is 16.2. The number of likely N-dealkylation sites (tertiary alicyclic amines) is 1. The summed E-state index contributed by atoms with van der Waals surface area (Å²) >= 11 is 0. The van der Waals surface area contributed by atoms with Crippen LogP contribution in [0.2, 0.25) is 0 Å². The molecule has 0 bridgehead atoms. The van der Waals surface area contributed by atoms with Crippen LogP contribution in [0.1, 0.15) is 46.1 Å². The number of carbonyl (C=O) groups excluding carboxylic acids is 2. The van der Waals surface area contributed by atoms with Gasteiger partial charge in [-0.3, -0.25) is 14.5 Å². The van der Waals surface area contributed by atoms with E-state index in [0.717, 1.165) is 18.4 Å². The molecule has 21 heavy (non-hydrogen) atoms. The van der Waals surface area contributed by atoms with Gasteiger partial charge >= 0.3 is 0 Å². The first-order valence-corrected chi connectivity index (χ1v) is 7.78. The maximum Gasteiger partial charge on any atom is 0.235 e. The molecule has 3 heteroatoms. The van der Waals surface area contributed by atoms with Crippen LogP contribution >= 0.6 is 0 Å². The Morgan fingerprint density at radius 1 is 1.33 bits per heavy atom. The Bertz CT molecular complexity index is 521. The molecular weight excluding hydrogens is 262 g/mol. The lowest BCUT2D eigenvalue weighted by molar-refractivity contribution is -0.149. The van der Waals surface area contributed by atoms with E-state index in [1.54, 1.807) is 0 Å². The van der Waals surface area contributed by atoms with Crippen LogP contribution in [-0.4, -0.2) is 22.8 Å². The van der Waals surface area contributed by atoms with Gasteiger partial charge in [0.25, 0.3) is 0 Å². The van der Waals surface area contributed by atoms with E-state index in [2.05, 4.69) is 0 Å². The van der Waals surface area contributed by atoms with Crippen LogP contribution in [0.3, 0.4) is 0 Å². The molecule has 2 atom stereocenters. The third-order valence-electron chi connectivity index (χ3n) is 4.42. The highest BCUT2D eigenvalue weighted by molar-refractivity contribution is 6.00. The van der Waals surface area contributed by atoms with Crippen LogP contribution in [0.15, 0.2) is 30.3 Å². The fraction of sp³-hybridized carbons (Fsp3) is 0.556. The SMILES string of the molecule is CC[C@@H]1CC(C)(C)C(=O)N1C(=O)[C@@H](C)Cc1ccccc1. The molecule has 2 rings (SSSR count). The van der Waals surface area contributed by atoms with Gasteiger partial charge in [0.1, 0.15) is 0 Å². The maximum atomic E-state index is 12.7. The molecule has 2 amide bonds. The molecule has 1 aromatic carbocycles. The normalized spacial score (nSPS) is 22.4. The summed E-state index contributed by atoms with van der Waals surface area (Å²) in [7, 11) is 0. The van der Waals surface area contributed by atoms with Gasteiger partial charge in [-0.05, 0) is 24.8 Å². The summed E-state index contributed by atoms with van der Waals surface area (Å²) < 4.78 is 0. The van der Waals surface area contributed by atoms with Crippen LogP contribution in [0, 0.1) is 11.3 Å². The van der Waals surface area contributed by atoms with E-state index in [0.29, 0.717) is 6.42 Å². The minimum atomic E-state index is -0.414. The Morgan fingerprint density at radius 2 is 1.95 bits per heavy atom. The van der Waals surface area contributed by atoms with Crippen molar-refractivity contribution in [2.24, 2.45) is 11.3 Å². The Kier molecular flexibility index (Phi) is 4.50. The predicted octanol–water partition coefficient (Wildman–Crippen LogP) is 3.43. The Morgan fingerprint density at radius 3 is 2.52 bits per heavy atom. The lowest BCUT2D eigenvalue weighted by atomic mass is 9.89. The van der Waals surface area contributed by atoms with E-state index in [1.165, 1.54) is 4.90 Å². The van der Waals surface area contributed by atoms with Crippen molar-refractivity contribution in [3.05, 3.63) is 35.9 Å². The minimum Gasteiger partial charge on any atom is -0.279 e. The van der Waals surface area contributed by atoms with Crippen molar-refractivity contribution in [3.63, 3.8) is 0 Å². The first-order chi connectivity index (χ1) is 9.86. The van der Waals surface area contributed by atoms with Gasteiger partial charge in [-0.15, -0.1) is 0 Å². The number of nitrogens with zero attached hydrogens (tertiary/aromatic N) is 1. The smallest absolute Gasteiger partial charge is 0.235 e. The zero-order chi connectivity index (χ0) is 15.6. The molecule has 0 unspecified atom stereocenters. The number of imide groups is 1. The first-order valence-electron chi connectivity index (χ1n) is 7.78. The summed E-state index contributed by atoms with van der Waals surface area (Å²) in [6.07, 6.45) is 2.28. The van der Waals surface area contributed by atoms with Gasteiger partial charge in [0.15, 0.2) is 0 Å². The molecule has 1 aliphatic heterocycles. The molecule has 0 aromatic heterocycles. The second kappa shape index (κ2) is 6.00. The highest BCUT2D eigenvalue weighted by Gasteiger charge is 2.47. The standard InChI is InChI=1S/C18H25NO2/c1-5-15-12-18(3,4)17(21)19(15)16(20)13(2)11-14-9-7-6-8-10-14/h6-10,13,15H,5,11-12H2,1-4H3/t13-,15+/m0/s1. The van der Waals surface area contributed by atoms with Crippen molar-refractivity contribution in [2.75, 3.05) is 0 Å². The molecule has 1 aliphatic rings. The molecule has 0 radical (unpaired) electrons. The molecule has 0 N–H and O–H groups in total. The second-order valence-corrected chi connectivity index (χ2v) is 6.75. The van der Waals surface area contributed by atoms with E-state index in [-0.39, 0.29) is 23.8 Å². The molecule has 1 heterocycles. The summed E-state index contributed by atoms with van der Waals surface area (Å²) in [4.78, 5) is 26.8. The monoisotopic (exact) mass is 287 g/mol. The number of hydrogen-bond donors (Lipinski definition) is 0. The molecular formula is C18H25NO2. The second-order valence-electron chi connectivity index (χ2n) is 6.75. The summed E-state index contributed by atoms with van der Waals surface area (Å²) in [5.74, 6) is -0.208. The molecule has 1 aromatic rings. The van der Waals surface area contributed by atoms with Gasteiger partial charge in [0.05, 0.1) is 0 Å². The number of carbonyl (C=O) groups is 2. The van der Waals surface area contributed by atoms with E-state index in [1.807, 2.05) is 58.0 Å². The summed E-state index contributed by atoms with van der Waals surface area (Å²) in [5, 5.41) is 0. The third-order valence-corrected chi connectivity index (χ3v) is 4.42. The van der Waals surface area contributed by atoms with Gasteiger partial charge in [-0.25, -0.2) is 0 Å². The summed E-state index contributed by atoms with van der Waals surface area (Å²) in [6, 6.07) is 10.0. The number of hydrogen-bond acceptors (Lipinski definition) is 2. The molecule has 114 valence electrons. The van der Waals surface area contributed by atoms with Crippen molar-refractivity contribution in [2.45, 2.75) is 53.0 Å². The van der Waals surface area contributed by atoms with Crippen molar-refractivity contribution in [1.82, 2.24) is 4.90 Å². The topological polar surface area (TPSA) is 37.4 Å². The van der Waals surface area contributed by atoms with E-state index in [4.69, 9.17) is 0 Å². The fourth-order valence-electron chi connectivity index (χ4n) is 3.16. The van der Waals surface area contributed by atoms with Crippen LogP contribution in [0.25, 0.3) is 0 Å². The van der Waals surface area contributed by atoms with Gasteiger partial charge in [0.2, 0.25) is 11.8 Å². The van der Waals surface area contributed by atoms with Crippen LogP contribution in [0.5, 0.6) is 0 Å². The average molecular weight is 287 g/mol. The highest BCUT2D eigenvalue weighted by Crippen LogP contribution is 2.37. The molecule has 0 aliphatic carbocycles. The third kappa shape index (κ3) is 3.17. The molecule has 1 fully saturated rings. The number of rotatable bonds is 4. The lowest BCUT2D eigenvalue weighted by Gasteiger charge is -2.25. The molecule has 0 saturated carbocycles. The Balaban J connectivity index is 2.13. The Labute approximate surface area is 127 Å². The molecule has 1 saturated heterocycles. The summed E-state index contributed by atoms with van der Waals surface area (Å²) in [5.41, 5.74) is 0.723. The number of amides is 2. The molecule has 3 nitrogen and oxygen atoms in total. The van der Waals surface area contributed by atoms with E-state index < -0.39 is 5.41 Å². The van der Waals surface area contributed by atoms with Crippen LogP contribution < -0.4 is 0 Å². The number of benzene rings is 1. The Hall–Kier alpha value is -1.64. The average Bonchev–Trinajstić information content (AvgIpc) is 2.69. The zero-order valence-corrected chi connectivity index (χ0v) is 13.4. The van der Waals surface area contributed by atoms with Crippen molar-refractivity contribution in [3.8, 4) is 0 Å². The lowest BCUT2D eigenvalue weighted by Crippen LogP contribution is -2.43. The van der Waals surface area contributed by atoms with Crippen LogP contribution in [-0.2, 0) is 16.0 Å². The maximum absolute atomic E-state index is 12.7. The fourth-order valence-corrected chi connectivity index (χ4v) is 3.16. The van der Waals surface area contributed by atoms with Crippen molar-refractivity contribution < 1.29 is 9.59 Å². The van der Waals surface area contributed by atoms with Gasteiger partial charge in [-0.1, -0.05) is 58.0 Å². The van der Waals surface area contributed by atoms with E-state index >= 15 is 0 Å². The summed E-state index contributed by atoms with van der Waals surface area (Å²) in [6.45, 7) is 7.84. The molecule has 0 spiro atoms. The van der Waals surface area contributed by atoms with Crippen LogP contribution in [0.4, 0.5) is 0 Å². The quantitative estimate of drug-likeness (QED) is 0.851.